The Kier molecular flexibility index (Phi) is 5.19. The molecule has 0 atom stereocenters. The van der Waals surface area contributed by atoms with Crippen LogP contribution in [0.15, 0.2) is 42.5 Å². The molecule has 0 radical (unpaired) electrons. The summed E-state index contributed by atoms with van der Waals surface area (Å²) in [6.45, 7) is 4.60. The first-order valence-electron chi connectivity index (χ1n) is 3.63. The van der Waals surface area contributed by atoms with Crippen LogP contribution in [0.1, 0.15) is 6.92 Å². The van der Waals surface area contributed by atoms with Gasteiger partial charge in [0.1, 0.15) is 5.82 Å². The number of aliphatic carboxylic acids is 1. The van der Waals surface area contributed by atoms with Gasteiger partial charge in [0.25, 0.3) is 0 Å². The molecule has 0 bridgehead atoms. The lowest BCUT2D eigenvalue weighted by molar-refractivity contribution is -0.132. The quantitative estimate of drug-likeness (QED) is 0.677. The van der Waals surface area contributed by atoms with E-state index in [4.69, 9.17) is 5.11 Å². The van der Waals surface area contributed by atoms with Crippen molar-refractivity contribution in [1.82, 2.24) is 0 Å². The van der Waals surface area contributed by atoms with E-state index in [0.717, 1.165) is 0 Å². The molecule has 0 unspecified atom stereocenters. The molecule has 1 N–H and O–H groups in total. The molecule has 13 heavy (non-hydrogen) atoms. The molecular weight excluding hydrogens is 171 g/mol. The van der Waals surface area contributed by atoms with E-state index >= 15 is 0 Å². The summed E-state index contributed by atoms with van der Waals surface area (Å²) in [7, 11) is 0. The average molecular weight is 182 g/mol. The minimum Gasteiger partial charge on any atom is -0.478 e. The van der Waals surface area contributed by atoms with Gasteiger partial charge in [0.15, 0.2) is 0 Å². The van der Waals surface area contributed by atoms with E-state index in [1.54, 1.807) is 18.2 Å². The maximum Gasteiger partial charge on any atom is 0.330 e. The number of hydrogen-bond donors (Lipinski definition) is 1. The molecule has 0 saturated heterocycles. The van der Waals surface area contributed by atoms with Gasteiger partial charge < -0.3 is 5.11 Å². The summed E-state index contributed by atoms with van der Waals surface area (Å²) in [6.07, 6.45) is 0. The standard InChI is InChI=1S/C6H5F.C4H6O2/c7-6-4-2-1-3-5-6;1-3(2)4(5)6/h1-5H;1H2,2H3,(H,5,6). The van der Waals surface area contributed by atoms with Crippen molar-refractivity contribution in [2.75, 3.05) is 0 Å². The molecule has 0 heterocycles. The number of carbonyl (C=O) groups is 1. The first-order valence-corrected chi connectivity index (χ1v) is 3.63. The van der Waals surface area contributed by atoms with Crippen LogP contribution in [0.25, 0.3) is 0 Å². The highest BCUT2D eigenvalue weighted by Gasteiger charge is 1.90. The monoisotopic (exact) mass is 182 g/mol. The number of hydrogen-bond acceptors (Lipinski definition) is 1. The Morgan fingerprint density at radius 3 is 1.92 bits per heavy atom. The van der Waals surface area contributed by atoms with E-state index in [1.165, 1.54) is 19.1 Å². The second-order valence-corrected chi connectivity index (χ2v) is 2.38. The zero-order valence-electron chi connectivity index (χ0n) is 7.33. The summed E-state index contributed by atoms with van der Waals surface area (Å²) in [4.78, 5) is 9.60. The van der Waals surface area contributed by atoms with Crippen LogP contribution >= 0.6 is 0 Å². The van der Waals surface area contributed by atoms with Crippen LogP contribution in [0.3, 0.4) is 0 Å². The average Bonchev–Trinajstić information content (AvgIpc) is 2.06. The van der Waals surface area contributed by atoms with Gasteiger partial charge in [-0.15, -0.1) is 0 Å². The molecule has 1 aromatic rings. The van der Waals surface area contributed by atoms with E-state index in [1.807, 2.05) is 0 Å². The van der Waals surface area contributed by atoms with Crippen LogP contribution in [0.2, 0.25) is 0 Å². The van der Waals surface area contributed by atoms with Crippen molar-refractivity contribution in [2.45, 2.75) is 6.92 Å². The Morgan fingerprint density at radius 1 is 1.38 bits per heavy atom. The maximum absolute atomic E-state index is 11.9. The molecule has 0 saturated carbocycles. The van der Waals surface area contributed by atoms with E-state index in [9.17, 15) is 9.18 Å². The van der Waals surface area contributed by atoms with Gasteiger partial charge in [-0.1, -0.05) is 24.8 Å². The third-order valence-corrected chi connectivity index (χ3v) is 1.10. The largest absolute Gasteiger partial charge is 0.478 e. The normalized spacial score (nSPS) is 8.15. The zero-order chi connectivity index (χ0) is 10.3. The first kappa shape index (κ1) is 11.4. The van der Waals surface area contributed by atoms with E-state index in [-0.39, 0.29) is 11.4 Å². The second-order valence-electron chi connectivity index (χ2n) is 2.38. The molecule has 0 aliphatic carbocycles. The molecule has 0 spiro atoms. The molecule has 0 fully saturated rings. The van der Waals surface area contributed by atoms with Crippen LogP contribution in [0.4, 0.5) is 4.39 Å². The van der Waals surface area contributed by atoms with Crippen molar-refractivity contribution in [1.29, 1.82) is 0 Å². The third-order valence-electron chi connectivity index (χ3n) is 1.10. The summed E-state index contributed by atoms with van der Waals surface area (Å²) < 4.78 is 11.9. The van der Waals surface area contributed by atoms with Crippen molar-refractivity contribution in [2.24, 2.45) is 0 Å². The summed E-state index contributed by atoms with van der Waals surface area (Å²) >= 11 is 0. The fourth-order valence-corrected chi connectivity index (χ4v) is 0.415. The van der Waals surface area contributed by atoms with Gasteiger partial charge in [-0.2, -0.15) is 0 Å². The molecular formula is C10H11FO2. The van der Waals surface area contributed by atoms with Crippen molar-refractivity contribution in [3.8, 4) is 0 Å². The lowest BCUT2D eigenvalue weighted by atomic mass is 10.4. The highest BCUT2D eigenvalue weighted by molar-refractivity contribution is 5.84. The SMILES string of the molecule is C=C(C)C(=O)O.Fc1ccccc1. The minimum absolute atomic E-state index is 0.176. The molecule has 0 aliphatic heterocycles. The van der Waals surface area contributed by atoms with Crippen LogP contribution < -0.4 is 0 Å². The van der Waals surface area contributed by atoms with Crippen molar-refractivity contribution in [3.63, 3.8) is 0 Å². The molecule has 0 aliphatic rings. The van der Waals surface area contributed by atoms with Gasteiger partial charge in [0.2, 0.25) is 0 Å². The van der Waals surface area contributed by atoms with Crippen molar-refractivity contribution < 1.29 is 14.3 Å². The topological polar surface area (TPSA) is 37.3 Å². The fourth-order valence-electron chi connectivity index (χ4n) is 0.415. The minimum atomic E-state index is -0.935. The van der Waals surface area contributed by atoms with Gasteiger partial charge in [0.05, 0.1) is 0 Å². The Balaban J connectivity index is 0.000000226. The highest BCUT2D eigenvalue weighted by Crippen LogP contribution is 1.91. The van der Waals surface area contributed by atoms with E-state index < -0.39 is 5.97 Å². The second kappa shape index (κ2) is 5.94. The molecule has 70 valence electrons. The van der Waals surface area contributed by atoms with Gasteiger partial charge >= 0.3 is 5.97 Å². The summed E-state index contributed by atoms with van der Waals surface area (Å²) in [6, 6.07) is 7.94. The Morgan fingerprint density at radius 2 is 1.77 bits per heavy atom. The fraction of sp³-hybridized carbons (Fsp3) is 0.100. The molecule has 0 amide bonds. The molecule has 1 aromatic carbocycles. The van der Waals surface area contributed by atoms with Crippen LogP contribution in [0.5, 0.6) is 0 Å². The number of carboxylic acids is 1. The van der Waals surface area contributed by atoms with Crippen LogP contribution in [0, 0.1) is 5.82 Å². The van der Waals surface area contributed by atoms with E-state index in [0.29, 0.717) is 0 Å². The first-order chi connectivity index (χ1) is 6.04. The molecule has 0 aromatic heterocycles. The van der Waals surface area contributed by atoms with Gasteiger partial charge in [-0.3, -0.25) is 0 Å². The Bertz CT molecular complexity index is 268. The molecule has 1 rings (SSSR count). The maximum atomic E-state index is 11.9. The van der Waals surface area contributed by atoms with Crippen molar-refractivity contribution in [3.05, 3.63) is 48.3 Å². The van der Waals surface area contributed by atoms with Gasteiger partial charge in [-0.05, 0) is 19.1 Å². The number of carboxylic acid groups (broad SMARTS) is 1. The lowest BCUT2D eigenvalue weighted by Gasteiger charge is -1.79. The van der Waals surface area contributed by atoms with E-state index in [2.05, 4.69) is 6.58 Å². The number of halogens is 1. The summed E-state index contributed by atoms with van der Waals surface area (Å²) in [5.41, 5.74) is 0.176. The smallest absolute Gasteiger partial charge is 0.330 e. The predicted octanol–water partition coefficient (Wildman–Crippen LogP) is 2.47. The number of benzene rings is 1. The lowest BCUT2D eigenvalue weighted by Crippen LogP contribution is -1.92. The summed E-state index contributed by atoms with van der Waals surface area (Å²) in [5, 5.41) is 7.89. The predicted molar refractivity (Wildman–Crippen MR) is 48.8 cm³/mol. The summed E-state index contributed by atoms with van der Waals surface area (Å²) in [5.74, 6) is -1.11. The van der Waals surface area contributed by atoms with Crippen LogP contribution in [-0.2, 0) is 4.79 Å². The Hall–Kier alpha value is -1.64. The van der Waals surface area contributed by atoms with Gasteiger partial charge in [0, 0.05) is 5.57 Å². The van der Waals surface area contributed by atoms with Crippen LogP contribution in [-0.4, -0.2) is 11.1 Å². The Labute approximate surface area is 76.3 Å². The number of rotatable bonds is 1. The zero-order valence-corrected chi connectivity index (χ0v) is 7.33. The molecule has 3 heteroatoms. The third kappa shape index (κ3) is 6.75. The van der Waals surface area contributed by atoms with Crippen molar-refractivity contribution >= 4 is 5.97 Å². The van der Waals surface area contributed by atoms with Gasteiger partial charge in [-0.25, -0.2) is 9.18 Å². The molecule has 2 nitrogen and oxygen atoms in total. The highest BCUT2D eigenvalue weighted by atomic mass is 19.1.